The number of benzene rings is 1. The van der Waals surface area contributed by atoms with Crippen molar-refractivity contribution < 1.29 is 4.74 Å². The summed E-state index contributed by atoms with van der Waals surface area (Å²) in [6.07, 6.45) is 0. The highest BCUT2D eigenvalue weighted by molar-refractivity contribution is 8.01. The highest BCUT2D eigenvalue weighted by Gasteiger charge is 2.01. The van der Waals surface area contributed by atoms with Crippen LogP contribution >= 0.6 is 34.7 Å². The van der Waals surface area contributed by atoms with Crippen molar-refractivity contribution in [1.29, 1.82) is 0 Å². The van der Waals surface area contributed by atoms with Crippen LogP contribution in [0.3, 0.4) is 0 Å². The highest BCUT2D eigenvalue weighted by Crippen LogP contribution is 2.25. The van der Waals surface area contributed by atoms with Crippen molar-refractivity contribution in [2.24, 2.45) is 0 Å². The monoisotopic (exact) mass is 285 g/mol. The van der Waals surface area contributed by atoms with E-state index in [0.717, 1.165) is 21.5 Å². The number of aryl methyl sites for hydroxylation is 1. The van der Waals surface area contributed by atoms with Crippen molar-refractivity contribution >= 4 is 34.7 Å². The summed E-state index contributed by atoms with van der Waals surface area (Å²) < 4.78 is 6.68. The molecule has 90 valence electrons. The lowest BCUT2D eigenvalue weighted by atomic mass is 10.3. The maximum atomic E-state index is 5.98. The Morgan fingerprint density at radius 3 is 2.94 bits per heavy atom. The third kappa shape index (κ3) is 3.91. The molecule has 0 unspecified atom stereocenters. The molecular formula is C12H12ClNOS2. The lowest BCUT2D eigenvalue weighted by molar-refractivity contribution is 0.344. The summed E-state index contributed by atoms with van der Waals surface area (Å²) in [6.45, 7) is 2.63. The summed E-state index contributed by atoms with van der Waals surface area (Å²) in [5, 5.41) is 2.71. The molecule has 0 amide bonds. The van der Waals surface area contributed by atoms with Crippen LogP contribution in [0.4, 0.5) is 0 Å². The number of rotatable bonds is 5. The third-order valence-electron chi connectivity index (χ3n) is 2.00. The number of thioether (sulfide) groups is 1. The molecule has 0 radical (unpaired) electrons. The summed E-state index contributed by atoms with van der Waals surface area (Å²) in [5.74, 6) is 1.61. The zero-order valence-electron chi connectivity index (χ0n) is 9.35. The van der Waals surface area contributed by atoms with Gasteiger partial charge in [-0.2, -0.15) is 0 Å². The number of ether oxygens (including phenoxy) is 1. The zero-order valence-corrected chi connectivity index (χ0v) is 11.7. The Bertz CT molecular complexity index is 487. The smallest absolute Gasteiger partial charge is 0.150 e. The number of hydrogen-bond donors (Lipinski definition) is 0. The van der Waals surface area contributed by atoms with Crippen molar-refractivity contribution in [3.05, 3.63) is 40.4 Å². The number of thiazole rings is 1. The van der Waals surface area contributed by atoms with Crippen LogP contribution < -0.4 is 4.74 Å². The van der Waals surface area contributed by atoms with Crippen molar-refractivity contribution in [3.8, 4) is 5.75 Å². The van der Waals surface area contributed by atoms with Gasteiger partial charge in [-0.25, -0.2) is 4.98 Å². The first kappa shape index (κ1) is 12.7. The van der Waals surface area contributed by atoms with Crippen molar-refractivity contribution in [3.63, 3.8) is 0 Å². The topological polar surface area (TPSA) is 22.1 Å². The molecule has 5 heteroatoms. The molecule has 0 N–H and O–H groups in total. The van der Waals surface area contributed by atoms with E-state index in [1.54, 1.807) is 23.1 Å². The van der Waals surface area contributed by atoms with Gasteiger partial charge < -0.3 is 4.74 Å². The molecule has 2 nitrogen and oxygen atoms in total. The summed E-state index contributed by atoms with van der Waals surface area (Å²) in [4.78, 5) is 4.37. The molecule has 0 atom stereocenters. The van der Waals surface area contributed by atoms with E-state index in [9.17, 15) is 0 Å². The Labute approximate surface area is 114 Å². The van der Waals surface area contributed by atoms with Gasteiger partial charge in [0.2, 0.25) is 0 Å². The Kier molecular flexibility index (Phi) is 4.71. The molecule has 1 aromatic carbocycles. The zero-order chi connectivity index (χ0) is 12.1. The quantitative estimate of drug-likeness (QED) is 0.605. The van der Waals surface area contributed by atoms with Gasteiger partial charge in [-0.1, -0.05) is 35.5 Å². The van der Waals surface area contributed by atoms with Crippen LogP contribution in [-0.2, 0) is 0 Å². The molecule has 0 saturated carbocycles. The molecular weight excluding hydrogens is 274 g/mol. The minimum atomic E-state index is 0.632. The highest BCUT2D eigenvalue weighted by atomic mass is 35.5. The molecule has 0 aliphatic heterocycles. The Morgan fingerprint density at radius 1 is 1.41 bits per heavy atom. The molecule has 0 aliphatic rings. The molecule has 0 spiro atoms. The van der Waals surface area contributed by atoms with E-state index < -0.39 is 0 Å². The van der Waals surface area contributed by atoms with Gasteiger partial charge in [0.15, 0.2) is 0 Å². The van der Waals surface area contributed by atoms with Crippen LogP contribution in [0.2, 0.25) is 5.02 Å². The molecule has 1 heterocycles. The van der Waals surface area contributed by atoms with E-state index in [-0.39, 0.29) is 0 Å². The minimum absolute atomic E-state index is 0.632. The summed E-state index contributed by atoms with van der Waals surface area (Å²) >= 11 is 9.36. The fourth-order valence-electron chi connectivity index (χ4n) is 1.24. The van der Waals surface area contributed by atoms with Crippen LogP contribution in [0, 0.1) is 6.92 Å². The number of halogens is 1. The number of hydrogen-bond acceptors (Lipinski definition) is 4. The predicted molar refractivity (Wildman–Crippen MR) is 74.5 cm³/mol. The summed E-state index contributed by atoms with van der Waals surface area (Å²) in [6, 6.07) is 7.51. The second-order valence-corrected chi connectivity index (χ2v) is 5.99. The lowest BCUT2D eigenvalue weighted by Crippen LogP contribution is -2.00. The standard InChI is InChI=1S/C12H12ClNOS2/c1-9-8-17-12(14-9)16-7-6-15-11-5-3-2-4-10(11)13/h2-5,8H,6-7H2,1H3. The average molecular weight is 286 g/mol. The van der Waals surface area contributed by atoms with E-state index in [4.69, 9.17) is 16.3 Å². The predicted octanol–water partition coefficient (Wildman–Crippen LogP) is 4.28. The second kappa shape index (κ2) is 6.28. The van der Waals surface area contributed by atoms with Gasteiger partial charge in [0, 0.05) is 16.8 Å². The van der Waals surface area contributed by atoms with E-state index in [2.05, 4.69) is 10.4 Å². The van der Waals surface area contributed by atoms with E-state index in [0.29, 0.717) is 11.6 Å². The van der Waals surface area contributed by atoms with Crippen molar-refractivity contribution in [2.45, 2.75) is 11.3 Å². The van der Waals surface area contributed by atoms with Gasteiger partial charge in [-0.15, -0.1) is 11.3 Å². The number of aromatic nitrogens is 1. The molecule has 0 fully saturated rings. The van der Waals surface area contributed by atoms with Gasteiger partial charge in [-0.3, -0.25) is 0 Å². The van der Waals surface area contributed by atoms with Gasteiger partial charge in [-0.05, 0) is 19.1 Å². The number of para-hydroxylation sites is 1. The van der Waals surface area contributed by atoms with Crippen LogP contribution in [0.1, 0.15) is 5.69 Å². The van der Waals surface area contributed by atoms with Crippen LogP contribution in [0.5, 0.6) is 5.75 Å². The first-order chi connectivity index (χ1) is 8.25. The summed E-state index contributed by atoms with van der Waals surface area (Å²) in [5.41, 5.74) is 1.07. The lowest BCUT2D eigenvalue weighted by Gasteiger charge is -2.06. The average Bonchev–Trinajstić information content (AvgIpc) is 2.73. The van der Waals surface area contributed by atoms with Gasteiger partial charge in [0.1, 0.15) is 10.1 Å². The fraction of sp³-hybridized carbons (Fsp3) is 0.250. The largest absolute Gasteiger partial charge is 0.491 e. The minimum Gasteiger partial charge on any atom is -0.491 e. The molecule has 2 aromatic rings. The van der Waals surface area contributed by atoms with Gasteiger partial charge >= 0.3 is 0 Å². The second-order valence-electron chi connectivity index (χ2n) is 3.38. The van der Waals surface area contributed by atoms with Gasteiger partial charge in [0.05, 0.1) is 11.6 Å². The van der Waals surface area contributed by atoms with Crippen LogP contribution in [0.15, 0.2) is 34.0 Å². The SMILES string of the molecule is Cc1csc(SCCOc2ccccc2Cl)n1. The molecule has 0 saturated heterocycles. The Morgan fingerprint density at radius 2 is 2.24 bits per heavy atom. The third-order valence-corrected chi connectivity index (χ3v) is 4.42. The summed E-state index contributed by atoms with van der Waals surface area (Å²) in [7, 11) is 0. The van der Waals surface area contributed by atoms with Crippen LogP contribution in [-0.4, -0.2) is 17.3 Å². The first-order valence-corrected chi connectivity index (χ1v) is 7.42. The molecule has 0 bridgehead atoms. The van der Waals surface area contributed by atoms with Crippen molar-refractivity contribution in [1.82, 2.24) is 4.98 Å². The maximum absolute atomic E-state index is 5.98. The van der Waals surface area contributed by atoms with Crippen molar-refractivity contribution in [2.75, 3.05) is 12.4 Å². The molecule has 17 heavy (non-hydrogen) atoms. The number of nitrogens with zero attached hydrogens (tertiary/aromatic N) is 1. The van der Waals surface area contributed by atoms with E-state index in [1.807, 2.05) is 31.2 Å². The normalized spacial score (nSPS) is 10.5. The maximum Gasteiger partial charge on any atom is 0.150 e. The molecule has 0 aliphatic carbocycles. The van der Waals surface area contributed by atoms with Crippen LogP contribution in [0.25, 0.3) is 0 Å². The molecule has 1 aromatic heterocycles. The first-order valence-electron chi connectivity index (χ1n) is 5.18. The Hall–Kier alpha value is -0.710. The Balaban J connectivity index is 1.75. The molecule has 2 rings (SSSR count). The van der Waals surface area contributed by atoms with E-state index in [1.165, 1.54) is 0 Å². The van der Waals surface area contributed by atoms with E-state index >= 15 is 0 Å². The fourth-order valence-corrected chi connectivity index (χ4v) is 3.17. The van der Waals surface area contributed by atoms with Gasteiger partial charge in [0.25, 0.3) is 0 Å².